The number of nitrogens with two attached hydrogens (primary N) is 1. The predicted molar refractivity (Wildman–Crippen MR) is 86.1 cm³/mol. The summed E-state index contributed by atoms with van der Waals surface area (Å²) in [5.41, 5.74) is 6.17. The molecule has 2 N–H and O–H groups in total. The highest BCUT2D eigenvalue weighted by atomic mass is 19.1. The van der Waals surface area contributed by atoms with Gasteiger partial charge in [0.2, 0.25) is 5.91 Å². The normalized spacial score (nSPS) is 10.7. The highest BCUT2D eigenvalue weighted by Gasteiger charge is 2.10. The van der Waals surface area contributed by atoms with Crippen LogP contribution in [0, 0.1) is 5.82 Å². The zero-order valence-corrected chi connectivity index (χ0v) is 12.6. The molecule has 0 aliphatic carbocycles. The Morgan fingerprint density at radius 2 is 2.00 bits per heavy atom. The second-order valence-electron chi connectivity index (χ2n) is 5.31. The van der Waals surface area contributed by atoms with Crippen molar-refractivity contribution in [3.63, 3.8) is 0 Å². The van der Waals surface area contributed by atoms with Gasteiger partial charge in [0, 0.05) is 11.5 Å². The molecule has 0 radical (unpaired) electrons. The minimum absolute atomic E-state index is 0.0740. The molecule has 24 heavy (non-hydrogen) atoms. The summed E-state index contributed by atoms with van der Waals surface area (Å²) in [6, 6.07) is 12.2. The summed E-state index contributed by atoms with van der Waals surface area (Å²) in [4.78, 5) is 22.7. The van der Waals surface area contributed by atoms with Crippen LogP contribution in [-0.4, -0.2) is 5.91 Å². The lowest BCUT2D eigenvalue weighted by Gasteiger charge is -2.09. The van der Waals surface area contributed by atoms with Gasteiger partial charge in [-0.1, -0.05) is 12.1 Å². The molecule has 0 spiro atoms. The van der Waals surface area contributed by atoms with E-state index in [1.165, 1.54) is 18.2 Å². The number of carbonyl (C=O) groups excluding carboxylic acids is 1. The Morgan fingerprint density at radius 3 is 2.75 bits per heavy atom. The van der Waals surface area contributed by atoms with E-state index < -0.39 is 11.5 Å². The number of benzene rings is 2. The van der Waals surface area contributed by atoms with Crippen LogP contribution in [-0.2, 0) is 17.8 Å². The quantitative estimate of drug-likeness (QED) is 0.730. The molecule has 0 aliphatic rings. The third-order valence-electron chi connectivity index (χ3n) is 3.46. The minimum Gasteiger partial charge on any atom is -0.489 e. The smallest absolute Gasteiger partial charge is 0.336 e. The number of amides is 1. The number of ether oxygens (including phenoxy) is 1. The van der Waals surface area contributed by atoms with Crippen LogP contribution in [0.1, 0.15) is 11.1 Å². The summed E-state index contributed by atoms with van der Waals surface area (Å²) in [5, 5.41) is 0.574. The van der Waals surface area contributed by atoms with Crippen molar-refractivity contribution in [1.29, 1.82) is 0 Å². The molecule has 0 atom stereocenters. The van der Waals surface area contributed by atoms with E-state index >= 15 is 0 Å². The first kappa shape index (κ1) is 15.7. The molecule has 0 bridgehead atoms. The van der Waals surface area contributed by atoms with Crippen LogP contribution >= 0.6 is 0 Å². The number of carbonyl (C=O) groups is 1. The van der Waals surface area contributed by atoms with Crippen LogP contribution in [0.15, 0.2) is 57.7 Å². The summed E-state index contributed by atoms with van der Waals surface area (Å²) in [5.74, 6) is -0.376. The van der Waals surface area contributed by atoms with E-state index in [1.807, 2.05) is 0 Å². The standard InChI is InChI=1S/C18H14FNO4/c19-13-3-1-2-11(6-13)10-23-14-4-5-16-15(9-14)12(7-17(20)21)8-18(22)24-16/h1-6,8-9H,7,10H2,(H2,20,21). The number of halogens is 1. The molecule has 2 aromatic carbocycles. The van der Waals surface area contributed by atoms with Crippen LogP contribution in [0.25, 0.3) is 11.0 Å². The Labute approximate surface area is 136 Å². The van der Waals surface area contributed by atoms with Gasteiger partial charge in [0.05, 0.1) is 6.42 Å². The van der Waals surface area contributed by atoms with Crippen molar-refractivity contribution in [3.05, 3.63) is 75.9 Å². The zero-order valence-electron chi connectivity index (χ0n) is 12.6. The van der Waals surface area contributed by atoms with E-state index in [-0.39, 0.29) is 18.8 Å². The fourth-order valence-corrected chi connectivity index (χ4v) is 2.42. The van der Waals surface area contributed by atoms with Crippen LogP contribution < -0.4 is 16.1 Å². The SMILES string of the molecule is NC(=O)Cc1cc(=O)oc2ccc(OCc3cccc(F)c3)cc12. The molecular weight excluding hydrogens is 313 g/mol. The number of fused-ring (bicyclic) bond motifs is 1. The molecule has 0 saturated heterocycles. The van der Waals surface area contributed by atoms with Gasteiger partial charge >= 0.3 is 5.63 Å². The molecule has 0 saturated carbocycles. The number of rotatable bonds is 5. The van der Waals surface area contributed by atoms with E-state index in [2.05, 4.69) is 0 Å². The summed E-state index contributed by atoms with van der Waals surface area (Å²) in [6.07, 6.45) is -0.0740. The maximum Gasteiger partial charge on any atom is 0.336 e. The number of hydrogen-bond acceptors (Lipinski definition) is 4. The van der Waals surface area contributed by atoms with Crippen molar-refractivity contribution in [2.24, 2.45) is 5.73 Å². The van der Waals surface area contributed by atoms with Crippen LogP contribution in [0.2, 0.25) is 0 Å². The largest absolute Gasteiger partial charge is 0.489 e. The Bertz CT molecular complexity index is 965. The highest BCUT2D eigenvalue weighted by molar-refractivity contribution is 5.87. The first-order chi connectivity index (χ1) is 11.5. The van der Waals surface area contributed by atoms with Crippen LogP contribution in [0.3, 0.4) is 0 Å². The van der Waals surface area contributed by atoms with E-state index in [0.717, 1.165) is 0 Å². The maximum absolute atomic E-state index is 13.2. The molecular formula is C18H14FNO4. The molecule has 1 amide bonds. The fraction of sp³-hybridized carbons (Fsp3) is 0.111. The summed E-state index contributed by atoms with van der Waals surface area (Å²) in [7, 11) is 0. The molecule has 5 nitrogen and oxygen atoms in total. The van der Waals surface area contributed by atoms with Gasteiger partial charge in [0.15, 0.2) is 0 Å². The summed E-state index contributed by atoms with van der Waals surface area (Å²) >= 11 is 0. The number of hydrogen-bond donors (Lipinski definition) is 1. The van der Waals surface area contributed by atoms with E-state index in [4.69, 9.17) is 14.9 Å². The average molecular weight is 327 g/mol. The third kappa shape index (κ3) is 3.60. The lowest BCUT2D eigenvalue weighted by molar-refractivity contribution is -0.117. The van der Waals surface area contributed by atoms with E-state index in [9.17, 15) is 14.0 Å². The zero-order chi connectivity index (χ0) is 17.1. The van der Waals surface area contributed by atoms with Crippen molar-refractivity contribution < 1.29 is 18.3 Å². The molecule has 3 aromatic rings. The van der Waals surface area contributed by atoms with Crippen molar-refractivity contribution in [3.8, 4) is 5.75 Å². The van der Waals surface area contributed by atoms with Gasteiger partial charge in [0.1, 0.15) is 23.8 Å². The molecule has 0 fully saturated rings. The summed E-state index contributed by atoms with van der Waals surface area (Å²) < 4.78 is 23.9. The van der Waals surface area contributed by atoms with Gasteiger partial charge in [-0.05, 0) is 41.5 Å². The third-order valence-corrected chi connectivity index (χ3v) is 3.46. The average Bonchev–Trinajstić information content (AvgIpc) is 2.52. The second kappa shape index (κ2) is 6.54. The molecule has 0 unspecified atom stereocenters. The van der Waals surface area contributed by atoms with Gasteiger partial charge in [-0.15, -0.1) is 0 Å². The van der Waals surface area contributed by atoms with Gasteiger partial charge in [-0.2, -0.15) is 0 Å². The van der Waals surface area contributed by atoms with Crippen molar-refractivity contribution in [2.75, 3.05) is 0 Å². The molecule has 3 rings (SSSR count). The molecule has 6 heteroatoms. The summed E-state index contributed by atoms with van der Waals surface area (Å²) in [6.45, 7) is 0.186. The monoisotopic (exact) mass is 327 g/mol. The lowest BCUT2D eigenvalue weighted by atomic mass is 10.1. The highest BCUT2D eigenvalue weighted by Crippen LogP contribution is 2.24. The van der Waals surface area contributed by atoms with Crippen molar-refractivity contribution >= 4 is 16.9 Å². The van der Waals surface area contributed by atoms with Crippen LogP contribution in [0.4, 0.5) is 4.39 Å². The molecule has 1 heterocycles. The molecule has 122 valence electrons. The van der Waals surface area contributed by atoms with Gasteiger partial charge in [-0.3, -0.25) is 4.79 Å². The Kier molecular flexibility index (Phi) is 4.29. The Balaban J connectivity index is 1.91. The van der Waals surface area contributed by atoms with Gasteiger partial charge in [0.25, 0.3) is 0 Å². The molecule has 0 aliphatic heterocycles. The predicted octanol–water partition coefficient (Wildman–Crippen LogP) is 2.54. The van der Waals surface area contributed by atoms with Gasteiger partial charge < -0.3 is 14.9 Å². The van der Waals surface area contributed by atoms with Crippen molar-refractivity contribution in [1.82, 2.24) is 0 Å². The first-order valence-corrected chi connectivity index (χ1v) is 7.23. The minimum atomic E-state index is -0.549. The second-order valence-corrected chi connectivity index (χ2v) is 5.31. The van der Waals surface area contributed by atoms with E-state index in [0.29, 0.717) is 27.8 Å². The molecule has 1 aromatic heterocycles. The Morgan fingerprint density at radius 1 is 1.17 bits per heavy atom. The first-order valence-electron chi connectivity index (χ1n) is 7.23. The number of primary amides is 1. The topological polar surface area (TPSA) is 82.5 Å². The van der Waals surface area contributed by atoms with E-state index in [1.54, 1.807) is 30.3 Å². The van der Waals surface area contributed by atoms with Crippen LogP contribution in [0.5, 0.6) is 5.75 Å². The lowest BCUT2D eigenvalue weighted by Crippen LogP contribution is -2.15. The maximum atomic E-state index is 13.2. The van der Waals surface area contributed by atoms with Gasteiger partial charge in [-0.25, -0.2) is 9.18 Å². The fourth-order valence-electron chi connectivity index (χ4n) is 2.42. The van der Waals surface area contributed by atoms with Crippen molar-refractivity contribution in [2.45, 2.75) is 13.0 Å². The Hall–Kier alpha value is -3.15.